The Morgan fingerprint density at radius 1 is 1.18 bits per heavy atom. The number of piperidine rings is 1. The van der Waals surface area contributed by atoms with E-state index in [9.17, 15) is 10.2 Å². The fraction of sp³-hybridized carbons (Fsp3) is 0.423. The van der Waals surface area contributed by atoms with Crippen LogP contribution in [0.15, 0.2) is 60.9 Å². The van der Waals surface area contributed by atoms with Gasteiger partial charge in [-0.2, -0.15) is 5.10 Å². The van der Waals surface area contributed by atoms with E-state index in [1.165, 1.54) is 0 Å². The van der Waals surface area contributed by atoms with Gasteiger partial charge < -0.3 is 19.7 Å². The van der Waals surface area contributed by atoms with Crippen molar-refractivity contribution in [2.75, 3.05) is 26.3 Å². The standard InChI is InChI=1S/C26H32ClN3O4/c1-20-7-8-23(27)24(15-20)34-19-26(32)18-29(13-9-25(26)31)17-21-5-2-6-22(16-21)33-14-4-12-30-11-3-10-28-30/h2-3,5-8,10-11,15-16,25,31-32H,4,9,12-14,17-19H2,1H3/t25-,26-/m1/s1. The molecule has 2 heterocycles. The topological polar surface area (TPSA) is 80.0 Å². The van der Waals surface area contributed by atoms with E-state index in [-0.39, 0.29) is 6.61 Å². The molecule has 8 heteroatoms. The second-order valence-electron chi connectivity index (χ2n) is 8.96. The van der Waals surface area contributed by atoms with Crippen LogP contribution in [0.1, 0.15) is 24.0 Å². The van der Waals surface area contributed by atoms with E-state index in [1.54, 1.807) is 12.3 Å². The number of aromatic nitrogens is 2. The number of aryl methyl sites for hydroxylation is 2. The lowest BCUT2D eigenvalue weighted by atomic mass is 9.90. The van der Waals surface area contributed by atoms with Crippen LogP contribution in [0.2, 0.25) is 5.02 Å². The van der Waals surface area contributed by atoms with Crippen LogP contribution in [-0.4, -0.2) is 62.9 Å². The van der Waals surface area contributed by atoms with Crippen LogP contribution in [0.5, 0.6) is 11.5 Å². The van der Waals surface area contributed by atoms with Crippen LogP contribution in [0, 0.1) is 6.92 Å². The molecular formula is C26H32ClN3O4. The van der Waals surface area contributed by atoms with Crippen LogP contribution in [0.3, 0.4) is 0 Å². The summed E-state index contributed by atoms with van der Waals surface area (Å²) >= 11 is 6.22. The monoisotopic (exact) mass is 485 g/mol. The number of nitrogens with zero attached hydrogens (tertiary/aromatic N) is 3. The van der Waals surface area contributed by atoms with Gasteiger partial charge in [0.25, 0.3) is 0 Å². The van der Waals surface area contributed by atoms with Gasteiger partial charge in [-0.3, -0.25) is 9.58 Å². The Labute approximate surface area is 205 Å². The predicted octanol–water partition coefficient (Wildman–Crippen LogP) is 3.69. The fourth-order valence-corrected chi connectivity index (χ4v) is 4.36. The minimum absolute atomic E-state index is 0.0345. The predicted molar refractivity (Wildman–Crippen MR) is 131 cm³/mol. The van der Waals surface area contributed by atoms with Gasteiger partial charge in [0.05, 0.1) is 17.7 Å². The first kappa shape index (κ1) is 24.5. The van der Waals surface area contributed by atoms with Gasteiger partial charge in [-0.15, -0.1) is 0 Å². The molecule has 1 aromatic heterocycles. The number of β-amino-alcohol motifs (C(OH)–C–C–N with tert-alkyl or cyclic N) is 1. The van der Waals surface area contributed by atoms with E-state index < -0.39 is 11.7 Å². The van der Waals surface area contributed by atoms with Gasteiger partial charge >= 0.3 is 0 Å². The van der Waals surface area contributed by atoms with Gasteiger partial charge in [-0.05, 0) is 54.8 Å². The first-order valence-corrected chi connectivity index (χ1v) is 12.0. The number of halogens is 1. The Kier molecular flexibility index (Phi) is 8.11. The zero-order chi connectivity index (χ0) is 24.0. The minimum atomic E-state index is -1.38. The third-order valence-electron chi connectivity index (χ3n) is 6.06. The molecule has 4 rings (SSSR count). The summed E-state index contributed by atoms with van der Waals surface area (Å²) in [5.41, 5.74) is 0.720. The van der Waals surface area contributed by atoms with Crippen LogP contribution in [-0.2, 0) is 13.1 Å². The minimum Gasteiger partial charge on any atom is -0.494 e. The second kappa shape index (κ2) is 11.2. The largest absolute Gasteiger partial charge is 0.494 e. The van der Waals surface area contributed by atoms with Crippen LogP contribution >= 0.6 is 11.6 Å². The maximum atomic E-state index is 11.2. The van der Waals surface area contributed by atoms with Crippen molar-refractivity contribution in [3.8, 4) is 11.5 Å². The van der Waals surface area contributed by atoms with Crippen molar-refractivity contribution in [3.05, 3.63) is 77.1 Å². The van der Waals surface area contributed by atoms with Crippen molar-refractivity contribution in [2.24, 2.45) is 0 Å². The lowest BCUT2D eigenvalue weighted by Crippen LogP contribution is -2.59. The summed E-state index contributed by atoms with van der Waals surface area (Å²) in [4.78, 5) is 2.13. The molecule has 0 spiro atoms. The van der Waals surface area contributed by atoms with Gasteiger partial charge in [-0.1, -0.05) is 29.8 Å². The number of hydrogen-bond acceptors (Lipinski definition) is 6. The molecule has 3 aromatic rings. The third-order valence-corrected chi connectivity index (χ3v) is 6.38. The summed E-state index contributed by atoms with van der Waals surface area (Å²) in [6.07, 6.45) is 4.18. The Morgan fingerprint density at radius 2 is 2.06 bits per heavy atom. The highest BCUT2D eigenvalue weighted by Crippen LogP contribution is 2.29. The molecule has 2 atom stereocenters. The molecule has 1 saturated heterocycles. The van der Waals surface area contributed by atoms with E-state index in [0.717, 1.165) is 29.8 Å². The second-order valence-corrected chi connectivity index (χ2v) is 9.37. The van der Waals surface area contributed by atoms with Gasteiger partial charge in [-0.25, -0.2) is 0 Å². The number of benzene rings is 2. The number of likely N-dealkylation sites (tertiary alicyclic amines) is 1. The van der Waals surface area contributed by atoms with E-state index >= 15 is 0 Å². The number of rotatable bonds is 10. The van der Waals surface area contributed by atoms with Crippen molar-refractivity contribution in [1.29, 1.82) is 0 Å². The lowest BCUT2D eigenvalue weighted by Gasteiger charge is -2.42. The SMILES string of the molecule is Cc1ccc(Cl)c(OC[C@]2(O)CN(Cc3cccc(OCCCn4cccn4)c3)CC[C@H]2O)c1. The zero-order valence-electron chi connectivity index (χ0n) is 19.4. The Bertz CT molecular complexity index is 1060. The van der Waals surface area contributed by atoms with Crippen LogP contribution < -0.4 is 9.47 Å². The Balaban J connectivity index is 1.31. The van der Waals surface area contributed by atoms with Crippen molar-refractivity contribution in [3.63, 3.8) is 0 Å². The van der Waals surface area contributed by atoms with Crippen molar-refractivity contribution in [2.45, 2.75) is 44.6 Å². The van der Waals surface area contributed by atoms with Gasteiger partial charge in [0.2, 0.25) is 0 Å². The maximum Gasteiger partial charge on any atom is 0.138 e. The molecule has 34 heavy (non-hydrogen) atoms. The molecule has 1 aliphatic heterocycles. The molecule has 0 radical (unpaired) electrons. The van der Waals surface area contributed by atoms with Gasteiger partial charge in [0, 0.05) is 45.0 Å². The Hall–Kier alpha value is -2.58. The average Bonchev–Trinajstić information content (AvgIpc) is 3.34. The summed E-state index contributed by atoms with van der Waals surface area (Å²) in [7, 11) is 0. The summed E-state index contributed by atoms with van der Waals surface area (Å²) in [6, 6.07) is 15.4. The first-order valence-electron chi connectivity index (χ1n) is 11.6. The molecule has 2 aromatic carbocycles. The number of hydrogen-bond donors (Lipinski definition) is 2. The van der Waals surface area contributed by atoms with E-state index in [0.29, 0.717) is 43.4 Å². The van der Waals surface area contributed by atoms with Crippen LogP contribution in [0.4, 0.5) is 0 Å². The molecule has 0 amide bonds. The summed E-state index contributed by atoms with van der Waals surface area (Å²) in [6.45, 7) is 4.97. The number of aliphatic hydroxyl groups excluding tert-OH is 1. The molecule has 0 saturated carbocycles. The first-order chi connectivity index (χ1) is 16.4. The average molecular weight is 486 g/mol. The molecule has 1 fully saturated rings. The molecule has 2 N–H and O–H groups in total. The lowest BCUT2D eigenvalue weighted by molar-refractivity contribution is -0.140. The molecular weight excluding hydrogens is 454 g/mol. The van der Waals surface area contributed by atoms with Gasteiger partial charge in [0.1, 0.15) is 23.7 Å². The van der Waals surface area contributed by atoms with E-state index in [1.807, 2.05) is 60.3 Å². The fourth-order valence-electron chi connectivity index (χ4n) is 4.19. The molecule has 1 aliphatic rings. The molecule has 0 unspecified atom stereocenters. The summed E-state index contributed by atoms with van der Waals surface area (Å²) in [5, 5.41) is 26.4. The van der Waals surface area contributed by atoms with E-state index in [4.69, 9.17) is 21.1 Å². The van der Waals surface area contributed by atoms with Crippen molar-refractivity contribution >= 4 is 11.6 Å². The quantitative estimate of drug-likeness (QED) is 0.426. The smallest absolute Gasteiger partial charge is 0.138 e. The molecule has 0 aliphatic carbocycles. The third kappa shape index (κ3) is 6.51. The summed E-state index contributed by atoms with van der Waals surface area (Å²) < 4.78 is 13.6. The maximum absolute atomic E-state index is 11.2. The normalized spacial score (nSPS) is 20.9. The highest BCUT2D eigenvalue weighted by molar-refractivity contribution is 6.32. The summed E-state index contributed by atoms with van der Waals surface area (Å²) in [5.74, 6) is 1.33. The van der Waals surface area contributed by atoms with Gasteiger partial charge in [0.15, 0.2) is 0 Å². The molecule has 7 nitrogen and oxygen atoms in total. The highest BCUT2D eigenvalue weighted by Gasteiger charge is 2.42. The van der Waals surface area contributed by atoms with E-state index in [2.05, 4.69) is 10.00 Å². The number of aliphatic hydroxyl groups is 2. The Morgan fingerprint density at radius 3 is 2.88 bits per heavy atom. The number of ether oxygens (including phenoxy) is 2. The zero-order valence-corrected chi connectivity index (χ0v) is 20.2. The van der Waals surface area contributed by atoms with Crippen LogP contribution in [0.25, 0.3) is 0 Å². The van der Waals surface area contributed by atoms with Crippen molar-refractivity contribution < 1.29 is 19.7 Å². The highest BCUT2D eigenvalue weighted by atomic mass is 35.5. The van der Waals surface area contributed by atoms with Crippen molar-refractivity contribution in [1.82, 2.24) is 14.7 Å². The molecule has 182 valence electrons. The molecule has 0 bridgehead atoms.